The molecule has 0 spiro atoms. The van der Waals surface area contributed by atoms with Crippen molar-refractivity contribution in [2.45, 2.75) is 0 Å². The SMILES string of the molecule is O=C(COc1cc(Cl)cc(Cl)c1)c1ccc(Br)cc1. The standard InChI is InChI=1S/C14H9BrCl2O2/c15-10-3-1-9(2-4-10)14(18)8-19-13-6-11(16)5-12(17)7-13/h1-7H,8H2. The fourth-order valence-electron chi connectivity index (χ4n) is 1.48. The Morgan fingerprint density at radius 2 is 1.63 bits per heavy atom. The van der Waals surface area contributed by atoms with Crippen LogP contribution in [0.3, 0.4) is 0 Å². The number of halogens is 3. The number of hydrogen-bond donors (Lipinski definition) is 0. The van der Waals surface area contributed by atoms with Gasteiger partial charge in [-0.1, -0.05) is 51.3 Å². The van der Waals surface area contributed by atoms with Gasteiger partial charge in [0, 0.05) is 20.1 Å². The van der Waals surface area contributed by atoms with Crippen LogP contribution in [0.4, 0.5) is 0 Å². The van der Waals surface area contributed by atoms with Gasteiger partial charge in [0.25, 0.3) is 0 Å². The van der Waals surface area contributed by atoms with Gasteiger partial charge in [0.1, 0.15) is 5.75 Å². The molecule has 98 valence electrons. The molecule has 0 atom stereocenters. The number of ether oxygens (including phenoxy) is 1. The van der Waals surface area contributed by atoms with Crippen LogP contribution < -0.4 is 4.74 Å². The topological polar surface area (TPSA) is 26.3 Å². The number of benzene rings is 2. The van der Waals surface area contributed by atoms with Crippen molar-refractivity contribution in [1.82, 2.24) is 0 Å². The van der Waals surface area contributed by atoms with Crippen LogP contribution in [-0.4, -0.2) is 12.4 Å². The molecule has 0 amide bonds. The molecule has 0 aliphatic heterocycles. The largest absolute Gasteiger partial charge is 0.485 e. The van der Waals surface area contributed by atoms with Gasteiger partial charge in [-0.25, -0.2) is 0 Å². The maximum atomic E-state index is 11.9. The molecule has 0 N–H and O–H groups in total. The van der Waals surface area contributed by atoms with E-state index in [1.54, 1.807) is 30.3 Å². The van der Waals surface area contributed by atoms with Crippen LogP contribution in [0.15, 0.2) is 46.9 Å². The van der Waals surface area contributed by atoms with Crippen molar-refractivity contribution in [2.75, 3.05) is 6.61 Å². The molecule has 0 bridgehead atoms. The first-order chi connectivity index (χ1) is 9.04. The predicted octanol–water partition coefficient (Wildman–Crippen LogP) is 5.02. The van der Waals surface area contributed by atoms with Crippen LogP contribution in [-0.2, 0) is 0 Å². The smallest absolute Gasteiger partial charge is 0.200 e. The molecule has 0 saturated heterocycles. The second-order valence-electron chi connectivity index (χ2n) is 3.82. The summed E-state index contributed by atoms with van der Waals surface area (Å²) in [5.41, 5.74) is 0.594. The molecule has 0 radical (unpaired) electrons. The number of hydrogen-bond acceptors (Lipinski definition) is 2. The molecule has 0 aliphatic rings. The highest BCUT2D eigenvalue weighted by Gasteiger charge is 2.07. The minimum atomic E-state index is -0.108. The maximum Gasteiger partial charge on any atom is 0.200 e. The monoisotopic (exact) mass is 358 g/mol. The van der Waals surface area contributed by atoms with Crippen molar-refractivity contribution in [2.24, 2.45) is 0 Å². The van der Waals surface area contributed by atoms with Gasteiger partial charge in [-0.3, -0.25) is 4.79 Å². The van der Waals surface area contributed by atoms with Crippen LogP contribution >= 0.6 is 39.1 Å². The Labute approximate surface area is 129 Å². The molecule has 0 fully saturated rings. The number of rotatable bonds is 4. The molecule has 0 aliphatic carbocycles. The average molecular weight is 360 g/mol. The van der Waals surface area contributed by atoms with Gasteiger partial charge in [-0.2, -0.15) is 0 Å². The molecule has 5 heteroatoms. The van der Waals surface area contributed by atoms with Crippen LogP contribution in [0.5, 0.6) is 5.75 Å². The number of Topliss-reactive ketones (excluding diaryl/α,β-unsaturated/α-hetero) is 1. The van der Waals surface area contributed by atoms with Crippen LogP contribution in [0.2, 0.25) is 10.0 Å². The van der Waals surface area contributed by atoms with Crippen molar-refractivity contribution in [3.8, 4) is 5.75 Å². The van der Waals surface area contributed by atoms with Crippen LogP contribution in [0.1, 0.15) is 10.4 Å². The second kappa shape index (κ2) is 6.42. The summed E-state index contributed by atoms with van der Waals surface area (Å²) < 4.78 is 6.31. The highest BCUT2D eigenvalue weighted by atomic mass is 79.9. The first-order valence-corrected chi connectivity index (χ1v) is 6.97. The molecule has 19 heavy (non-hydrogen) atoms. The second-order valence-corrected chi connectivity index (χ2v) is 5.61. The molecule has 0 unspecified atom stereocenters. The zero-order valence-electron chi connectivity index (χ0n) is 9.70. The lowest BCUT2D eigenvalue weighted by Crippen LogP contribution is -2.11. The molecule has 2 nitrogen and oxygen atoms in total. The third kappa shape index (κ3) is 4.23. The van der Waals surface area contributed by atoms with Crippen molar-refractivity contribution < 1.29 is 9.53 Å². The third-order valence-corrected chi connectivity index (χ3v) is 3.34. The Bertz CT molecular complexity index is 577. The molecule has 0 aromatic heterocycles. The van der Waals surface area contributed by atoms with Crippen molar-refractivity contribution in [1.29, 1.82) is 0 Å². The lowest BCUT2D eigenvalue weighted by atomic mass is 10.1. The van der Waals surface area contributed by atoms with E-state index in [4.69, 9.17) is 27.9 Å². The molecule has 0 heterocycles. The molecular weight excluding hydrogens is 351 g/mol. The molecule has 2 aromatic carbocycles. The lowest BCUT2D eigenvalue weighted by molar-refractivity contribution is 0.0921. The highest BCUT2D eigenvalue weighted by molar-refractivity contribution is 9.10. The van der Waals surface area contributed by atoms with E-state index in [0.717, 1.165) is 4.47 Å². The lowest BCUT2D eigenvalue weighted by Gasteiger charge is -2.06. The first-order valence-electron chi connectivity index (χ1n) is 5.42. The summed E-state index contributed by atoms with van der Waals surface area (Å²) in [6.45, 7) is -0.0572. The zero-order valence-corrected chi connectivity index (χ0v) is 12.8. The Balaban J connectivity index is 2.02. The number of carbonyl (C=O) groups is 1. The Morgan fingerprint density at radius 1 is 1.05 bits per heavy atom. The van der Waals surface area contributed by atoms with E-state index in [9.17, 15) is 4.79 Å². The number of carbonyl (C=O) groups excluding carboxylic acids is 1. The normalized spacial score (nSPS) is 10.3. The Kier molecular flexibility index (Phi) is 4.86. The van der Waals surface area contributed by atoms with Crippen LogP contribution in [0.25, 0.3) is 0 Å². The summed E-state index contributed by atoms with van der Waals surface area (Å²) >= 11 is 15.0. The highest BCUT2D eigenvalue weighted by Crippen LogP contribution is 2.24. The molecular formula is C14H9BrCl2O2. The fraction of sp³-hybridized carbons (Fsp3) is 0.0714. The summed E-state index contributed by atoms with van der Waals surface area (Å²) in [4.78, 5) is 11.9. The van der Waals surface area contributed by atoms with E-state index in [-0.39, 0.29) is 12.4 Å². The predicted molar refractivity (Wildman–Crippen MR) is 80.4 cm³/mol. The molecule has 2 rings (SSSR count). The van der Waals surface area contributed by atoms with E-state index < -0.39 is 0 Å². The fourth-order valence-corrected chi connectivity index (χ4v) is 2.25. The van der Waals surface area contributed by atoms with Gasteiger partial charge in [0.2, 0.25) is 0 Å². The molecule has 2 aromatic rings. The first kappa shape index (κ1) is 14.4. The Hall–Kier alpha value is -1.03. The van der Waals surface area contributed by atoms with Crippen molar-refractivity contribution in [3.63, 3.8) is 0 Å². The molecule has 0 saturated carbocycles. The van der Waals surface area contributed by atoms with E-state index in [1.807, 2.05) is 12.1 Å². The summed E-state index contributed by atoms with van der Waals surface area (Å²) in [5.74, 6) is 0.367. The zero-order chi connectivity index (χ0) is 13.8. The van der Waals surface area contributed by atoms with Gasteiger partial charge in [0.15, 0.2) is 12.4 Å². The van der Waals surface area contributed by atoms with Gasteiger partial charge in [-0.05, 0) is 30.3 Å². The van der Waals surface area contributed by atoms with E-state index >= 15 is 0 Å². The van der Waals surface area contributed by atoms with E-state index in [2.05, 4.69) is 15.9 Å². The summed E-state index contributed by atoms with van der Waals surface area (Å²) in [7, 11) is 0. The summed E-state index contributed by atoms with van der Waals surface area (Å²) in [5, 5.41) is 0.942. The number of ketones is 1. The maximum absolute atomic E-state index is 11.9. The van der Waals surface area contributed by atoms with Gasteiger partial charge >= 0.3 is 0 Å². The average Bonchev–Trinajstić information content (AvgIpc) is 2.36. The summed E-state index contributed by atoms with van der Waals surface area (Å²) in [6, 6.07) is 11.9. The minimum absolute atomic E-state index is 0.0572. The van der Waals surface area contributed by atoms with Crippen molar-refractivity contribution in [3.05, 3.63) is 62.5 Å². The van der Waals surface area contributed by atoms with Crippen LogP contribution in [0, 0.1) is 0 Å². The van der Waals surface area contributed by atoms with Crippen molar-refractivity contribution >= 4 is 44.9 Å². The summed E-state index contributed by atoms with van der Waals surface area (Å²) in [6.07, 6.45) is 0. The quantitative estimate of drug-likeness (QED) is 0.716. The van der Waals surface area contributed by atoms with E-state index in [0.29, 0.717) is 21.4 Å². The van der Waals surface area contributed by atoms with Gasteiger partial charge < -0.3 is 4.74 Å². The van der Waals surface area contributed by atoms with E-state index in [1.165, 1.54) is 0 Å². The van der Waals surface area contributed by atoms with Gasteiger partial charge in [-0.15, -0.1) is 0 Å². The van der Waals surface area contributed by atoms with Gasteiger partial charge in [0.05, 0.1) is 0 Å². The third-order valence-electron chi connectivity index (χ3n) is 2.37. The Morgan fingerprint density at radius 3 is 2.21 bits per heavy atom. The minimum Gasteiger partial charge on any atom is -0.485 e.